The van der Waals surface area contributed by atoms with Crippen molar-refractivity contribution in [2.45, 2.75) is 44.3 Å². The number of hydrogen-bond donors (Lipinski definition) is 2. The van der Waals surface area contributed by atoms with Gasteiger partial charge in [-0.25, -0.2) is 4.68 Å². The van der Waals surface area contributed by atoms with E-state index in [-0.39, 0.29) is 5.91 Å². The summed E-state index contributed by atoms with van der Waals surface area (Å²) in [5.41, 5.74) is 6.93. The number of ether oxygens (including phenoxy) is 2. The van der Waals surface area contributed by atoms with E-state index in [0.29, 0.717) is 51.3 Å². The van der Waals surface area contributed by atoms with Crippen LogP contribution in [0.3, 0.4) is 0 Å². The maximum absolute atomic E-state index is 14.0. The SMILES string of the molecule is COc1cc(C2C(C(=O)Nc3ccccc3C)=C(C)Nc3nc(SCc4ccccc4Cl)nn32)ccc1OCc1ccccc1C. The Hall–Kier alpha value is -4.73. The van der Waals surface area contributed by atoms with Gasteiger partial charge in [0.05, 0.1) is 12.7 Å². The van der Waals surface area contributed by atoms with E-state index in [4.69, 9.17) is 31.2 Å². The van der Waals surface area contributed by atoms with Gasteiger partial charge in [-0.1, -0.05) is 90.1 Å². The van der Waals surface area contributed by atoms with Gasteiger partial charge in [0.2, 0.25) is 11.1 Å². The fraction of sp³-hybridized carbons (Fsp3) is 0.194. The topological polar surface area (TPSA) is 90.3 Å². The third kappa shape index (κ3) is 6.61. The lowest BCUT2D eigenvalue weighted by Gasteiger charge is -2.29. The number of anilines is 2. The van der Waals surface area contributed by atoms with Crippen molar-refractivity contribution in [2.24, 2.45) is 0 Å². The Balaban J connectivity index is 1.36. The Kier molecular flexibility index (Phi) is 9.33. The number of carbonyl (C=O) groups excluding carboxylic acids is 1. The summed E-state index contributed by atoms with van der Waals surface area (Å²) in [6.07, 6.45) is 0. The highest BCUT2D eigenvalue weighted by molar-refractivity contribution is 7.98. The number of aromatic nitrogens is 3. The first-order chi connectivity index (χ1) is 22.3. The number of carbonyl (C=O) groups is 1. The van der Waals surface area contributed by atoms with Crippen molar-refractivity contribution < 1.29 is 14.3 Å². The average molecular weight is 652 g/mol. The minimum atomic E-state index is -0.596. The van der Waals surface area contributed by atoms with E-state index in [9.17, 15) is 4.79 Å². The van der Waals surface area contributed by atoms with Crippen molar-refractivity contribution in [3.63, 3.8) is 0 Å². The molecule has 4 aromatic carbocycles. The zero-order valence-corrected chi connectivity index (χ0v) is 27.6. The van der Waals surface area contributed by atoms with Gasteiger partial charge >= 0.3 is 0 Å². The lowest BCUT2D eigenvalue weighted by Crippen LogP contribution is -2.31. The molecular weight excluding hydrogens is 618 g/mol. The molecule has 0 saturated carbocycles. The summed E-state index contributed by atoms with van der Waals surface area (Å²) in [6.45, 7) is 6.31. The third-order valence-corrected chi connectivity index (χ3v) is 9.19. The standard InChI is InChI=1S/C36H34ClN5O3S/c1-22-11-5-7-13-26(22)20-45-30-18-17-25(19-31(30)44-4)33-32(34(43)39-29-16-10-6-12-23(29)2)24(3)38-35-40-36(41-42(33)35)46-21-27-14-8-9-15-28(27)37/h5-19,33H,20-21H2,1-4H3,(H,39,43)(H,38,40,41). The van der Waals surface area contributed by atoms with E-state index in [1.54, 1.807) is 11.8 Å². The minimum Gasteiger partial charge on any atom is -0.493 e. The molecule has 46 heavy (non-hydrogen) atoms. The molecule has 1 aliphatic rings. The van der Waals surface area contributed by atoms with Gasteiger partial charge in [0, 0.05) is 22.2 Å². The average Bonchev–Trinajstić information content (AvgIpc) is 3.46. The summed E-state index contributed by atoms with van der Waals surface area (Å²) in [6, 6.07) is 28.7. The van der Waals surface area contributed by atoms with E-state index in [1.807, 2.05) is 98.8 Å². The molecule has 2 N–H and O–H groups in total. The second-order valence-electron chi connectivity index (χ2n) is 11.0. The molecule has 234 valence electrons. The van der Waals surface area contributed by atoms with Crippen LogP contribution >= 0.6 is 23.4 Å². The molecule has 0 saturated heterocycles. The van der Waals surface area contributed by atoms with Gasteiger partial charge in [-0.05, 0) is 72.9 Å². The van der Waals surface area contributed by atoms with Crippen molar-refractivity contribution in [2.75, 3.05) is 17.7 Å². The van der Waals surface area contributed by atoms with E-state index < -0.39 is 6.04 Å². The number of nitrogens with zero attached hydrogens (tertiary/aromatic N) is 3. The van der Waals surface area contributed by atoms with Crippen LogP contribution in [-0.2, 0) is 17.2 Å². The van der Waals surface area contributed by atoms with Crippen LogP contribution in [-0.4, -0.2) is 27.8 Å². The van der Waals surface area contributed by atoms with Crippen molar-refractivity contribution >= 4 is 40.9 Å². The number of fused-ring (bicyclic) bond motifs is 1. The maximum atomic E-state index is 14.0. The fourth-order valence-corrected chi connectivity index (χ4v) is 6.47. The number of halogens is 1. The van der Waals surface area contributed by atoms with Crippen molar-refractivity contribution in [3.8, 4) is 11.5 Å². The van der Waals surface area contributed by atoms with Gasteiger partial charge in [-0.3, -0.25) is 4.79 Å². The summed E-state index contributed by atoms with van der Waals surface area (Å²) in [5.74, 6) is 2.05. The Labute approximate surface area is 277 Å². The zero-order chi connectivity index (χ0) is 32.2. The van der Waals surface area contributed by atoms with Crippen LogP contribution in [0.2, 0.25) is 5.02 Å². The Morgan fingerprint density at radius 2 is 1.65 bits per heavy atom. The molecule has 1 aromatic heterocycles. The highest BCUT2D eigenvalue weighted by Crippen LogP contribution is 2.40. The Morgan fingerprint density at radius 1 is 0.935 bits per heavy atom. The molecule has 6 rings (SSSR count). The number of rotatable bonds is 10. The second kappa shape index (κ2) is 13.7. The Morgan fingerprint density at radius 3 is 2.39 bits per heavy atom. The normalized spacial score (nSPS) is 14.0. The van der Waals surface area contributed by atoms with Crippen LogP contribution < -0.4 is 20.1 Å². The predicted octanol–water partition coefficient (Wildman–Crippen LogP) is 8.36. The first kappa shape index (κ1) is 31.3. The van der Waals surface area contributed by atoms with E-state index in [2.05, 4.69) is 23.6 Å². The van der Waals surface area contributed by atoms with E-state index >= 15 is 0 Å². The molecule has 10 heteroatoms. The summed E-state index contributed by atoms with van der Waals surface area (Å²) >= 11 is 7.89. The smallest absolute Gasteiger partial charge is 0.255 e. The number of allylic oxidation sites excluding steroid dienone is 1. The van der Waals surface area contributed by atoms with Gasteiger partial charge in [-0.15, -0.1) is 5.10 Å². The highest BCUT2D eigenvalue weighted by Gasteiger charge is 2.35. The van der Waals surface area contributed by atoms with Crippen molar-refractivity contribution in [1.29, 1.82) is 0 Å². The number of thioether (sulfide) groups is 1. The van der Waals surface area contributed by atoms with Crippen molar-refractivity contribution in [1.82, 2.24) is 14.8 Å². The van der Waals surface area contributed by atoms with Crippen molar-refractivity contribution in [3.05, 3.63) is 135 Å². The van der Waals surface area contributed by atoms with Gasteiger partial charge in [0.25, 0.3) is 5.91 Å². The molecular formula is C36H34ClN5O3S. The van der Waals surface area contributed by atoms with Crippen LogP contribution in [0.25, 0.3) is 0 Å². The molecule has 0 bridgehead atoms. The number of benzene rings is 4. The van der Waals surface area contributed by atoms with Gasteiger partial charge in [0.15, 0.2) is 11.5 Å². The molecule has 1 atom stereocenters. The van der Waals surface area contributed by atoms with Crippen LogP contribution in [0.4, 0.5) is 11.6 Å². The van der Waals surface area contributed by atoms with Gasteiger partial charge in [0.1, 0.15) is 12.6 Å². The highest BCUT2D eigenvalue weighted by atomic mass is 35.5. The molecule has 1 unspecified atom stereocenters. The number of amides is 1. The maximum Gasteiger partial charge on any atom is 0.255 e. The van der Waals surface area contributed by atoms with Gasteiger partial charge < -0.3 is 20.1 Å². The summed E-state index contributed by atoms with van der Waals surface area (Å²) < 4.78 is 13.8. The first-order valence-corrected chi connectivity index (χ1v) is 16.2. The lowest BCUT2D eigenvalue weighted by atomic mass is 9.94. The predicted molar refractivity (Wildman–Crippen MR) is 184 cm³/mol. The van der Waals surface area contributed by atoms with Crippen LogP contribution in [0.5, 0.6) is 11.5 Å². The zero-order valence-electron chi connectivity index (χ0n) is 26.0. The molecule has 0 fully saturated rings. The molecule has 0 radical (unpaired) electrons. The largest absolute Gasteiger partial charge is 0.493 e. The van der Waals surface area contributed by atoms with Gasteiger partial charge in [-0.2, -0.15) is 4.98 Å². The molecule has 0 aliphatic carbocycles. The molecule has 0 spiro atoms. The number of methoxy groups -OCH3 is 1. The molecule has 1 aliphatic heterocycles. The number of aryl methyl sites for hydroxylation is 2. The molecule has 1 amide bonds. The first-order valence-electron chi connectivity index (χ1n) is 14.8. The fourth-order valence-electron chi connectivity index (χ4n) is 5.36. The van der Waals surface area contributed by atoms with E-state index in [1.165, 1.54) is 11.8 Å². The minimum absolute atomic E-state index is 0.241. The summed E-state index contributed by atoms with van der Waals surface area (Å²) in [4.78, 5) is 18.8. The monoisotopic (exact) mass is 651 g/mol. The van der Waals surface area contributed by atoms with Crippen LogP contribution in [0.15, 0.2) is 107 Å². The van der Waals surface area contributed by atoms with Crippen LogP contribution in [0, 0.1) is 13.8 Å². The number of hydrogen-bond acceptors (Lipinski definition) is 7. The quantitative estimate of drug-likeness (QED) is 0.147. The third-order valence-electron chi connectivity index (χ3n) is 7.93. The van der Waals surface area contributed by atoms with Crippen LogP contribution in [0.1, 0.15) is 40.8 Å². The van der Waals surface area contributed by atoms with E-state index in [0.717, 1.165) is 33.5 Å². The number of nitrogens with one attached hydrogen (secondary N) is 2. The lowest BCUT2D eigenvalue weighted by molar-refractivity contribution is -0.113. The molecule has 2 heterocycles. The Bertz CT molecular complexity index is 1940. The number of para-hydroxylation sites is 1. The molecule has 8 nitrogen and oxygen atoms in total. The second-order valence-corrected chi connectivity index (χ2v) is 12.4. The summed E-state index contributed by atoms with van der Waals surface area (Å²) in [7, 11) is 1.61. The summed E-state index contributed by atoms with van der Waals surface area (Å²) in [5, 5.41) is 12.6. The molecule has 5 aromatic rings.